The summed E-state index contributed by atoms with van der Waals surface area (Å²) in [5, 5.41) is 2.40. The van der Waals surface area contributed by atoms with Crippen molar-refractivity contribution < 1.29 is 27.1 Å². The number of ether oxygens (including phenoxy) is 1. The molecule has 0 radical (unpaired) electrons. The van der Waals surface area contributed by atoms with Crippen molar-refractivity contribution in [1.82, 2.24) is 9.97 Å². The van der Waals surface area contributed by atoms with Crippen molar-refractivity contribution in [3.63, 3.8) is 0 Å². The van der Waals surface area contributed by atoms with Gasteiger partial charge in [-0.2, -0.15) is 29.3 Å². The van der Waals surface area contributed by atoms with Gasteiger partial charge in [0.1, 0.15) is 0 Å². The Morgan fingerprint density at radius 3 is 1.69 bits per heavy atom. The first kappa shape index (κ1) is 36.6. The zero-order valence-corrected chi connectivity index (χ0v) is 33.3. The quantitative estimate of drug-likeness (QED) is 0.131. The Hall–Kier alpha value is -3.63. The van der Waals surface area contributed by atoms with E-state index in [9.17, 15) is 0 Å². The molecule has 4 heteroatoms. The molecule has 6 aromatic rings. The van der Waals surface area contributed by atoms with Crippen LogP contribution in [0.15, 0.2) is 79.0 Å². The minimum Gasteiger partial charge on any atom is -0.663 e. The second-order valence-corrected chi connectivity index (χ2v) is 17.4. The van der Waals surface area contributed by atoms with Crippen molar-refractivity contribution in [2.75, 3.05) is 0 Å². The van der Waals surface area contributed by atoms with Gasteiger partial charge in [-0.15, -0.1) is 34.3 Å². The van der Waals surface area contributed by atoms with Crippen molar-refractivity contribution in [3.05, 3.63) is 113 Å². The van der Waals surface area contributed by atoms with Gasteiger partial charge in [-0.1, -0.05) is 131 Å². The zero-order chi connectivity index (χ0) is 34.8. The molecule has 4 aromatic carbocycles. The van der Waals surface area contributed by atoms with Crippen LogP contribution in [0.25, 0.3) is 44.1 Å². The topological polar surface area (TPSA) is 36.2 Å². The predicted octanol–water partition coefficient (Wildman–Crippen LogP) is 12.3. The number of hydrogen-bond donors (Lipinski definition) is 0. The third kappa shape index (κ3) is 7.75. The Labute approximate surface area is 309 Å². The van der Waals surface area contributed by atoms with Gasteiger partial charge in [0.25, 0.3) is 0 Å². The van der Waals surface area contributed by atoms with Crippen LogP contribution in [-0.4, -0.2) is 4.98 Å². The van der Waals surface area contributed by atoms with E-state index in [2.05, 4.69) is 155 Å². The largest absolute Gasteiger partial charge is 3.00 e. The molecule has 0 aliphatic carbocycles. The van der Waals surface area contributed by atoms with Crippen LogP contribution >= 0.6 is 0 Å². The Morgan fingerprint density at radius 1 is 0.551 bits per heavy atom. The van der Waals surface area contributed by atoms with Crippen molar-refractivity contribution in [3.8, 4) is 33.9 Å². The molecular weight excluding hydrogens is 781 g/mol. The average molecular weight is 831 g/mol. The van der Waals surface area contributed by atoms with Gasteiger partial charge in [-0.25, -0.2) is 10.5 Å². The molecule has 0 saturated carbocycles. The van der Waals surface area contributed by atoms with E-state index in [1.807, 2.05) is 18.2 Å². The summed E-state index contributed by atoms with van der Waals surface area (Å²) in [5.41, 5.74) is 10.9. The van der Waals surface area contributed by atoms with E-state index in [1.54, 1.807) is 6.20 Å². The molecule has 0 fully saturated rings. The Balaban J connectivity index is 0.00000468. The van der Waals surface area contributed by atoms with Gasteiger partial charge in [0.2, 0.25) is 5.88 Å². The molecule has 0 aliphatic heterocycles. The summed E-state index contributed by atoms with van der Waals surface area (Å²) in [4.78, 5) is 9.69. The molecule has 0 N–H and O–H groups in total. The second-order valence-electron chi connectivity index (χ2n) is 17.4. The van der Waals surface area contributed by atoms with E-state index in [4.69, 9.17) is 9.72 Å². The van der Waals surface area contributed by atoms with Gasteiger partial charge in [-0.05, 0) is 49.6 Å². The van der Waals surface area contributed by atoms with Crippen molar-refractivity contribution >= 4 is 21.8 Å². The third-order valence-electron chi connectivity index (χ3n) is 9.24. The summed E-state index contributed by atoms with van der Waals surface area (Å²) < 4.78 is 6.28. The fraction of sp³-hybridized carbons (Fsp3) is 0.356. The van der Waals surface area contributed by atoms with E-state index < -0.39 is 0 Å². The maximum absolute atomic E-state index is 6.28. The first-order valence-corrected chi connectivity index (χ1v) is 17.1. The number of fused-ring (bicyclic) bond motifs is 3. The van der Waals surface area contributed by atoms with Crippen LogP contribution in [0, 0.1) is 12.1 Å². The third-order valence-corrected chi connectivity index (χ3v) is 9.24. The molecule has 0 spiro atoms. The molecule has 0 aliphatic rings. The fourth-order valence-electron chi connectivity index (χ4n) is 6.02. The monoisotopic (exact) mass is 830 g/mol. The van der Waals surface area contributed by atoms with Crippen molar-refractivity contribution in [2.24, 2.45) is 0 Å². The molecule has 0 unspecified atom stereocenters. The van der Waals surface area contributed by atoms with Crippen LogP contribution in [-0.2, 0) is 44.0 Å². The number of nitrogens with zero attached hydrogens (tertiary/aromatic N) is 2. The molecule has 2 heterocycles. The molecule has 256 valence electrons. The van der Waals surface area contributed by atoms with Gasteiger partial charge in [0.05, 0.1) is 0 Å². The molecule has 2 aromatic heterocycles. The maximum Gasteiger partial charge on any atom is 3.00 e. The summed E-state index contributed by atoms with van der Waals surface area (Å²) in [6.07, 6.45) is 1.74. The SMILES string of the molecule is CC(C)(C)c1cc(Oc2ccccn2)[c-]c(-c2[c-]c(-c3cc(C(C)(C)C)cc4c3[n-]c3ccc(C(C)(C)C)cc34)cc(C(C)(C)C)c2)c1.[Au+3]. The molecule has 0 atom stereocenters. The molecule has 0 amide bonds. The molecule has 0 saturated heterocycles. The minimum atomic E-state index is -0.102. The van der Waals surface area contributed by atoms with E-state index in [-0.39, 0.29) is 44.0 Å². The second kappa shape index (κ2) is 12.9. The zero-order valence-electron chi connectivity index (χ0n) is 31.1. The number of benzene rings is 4. The van der Waals surface area contributed by atoms with Gasteiger partial charge in [0.15, 0.2) is 0 Å². The molecule has 49 heavy (non-hydrogen) atoms. The van der Waals surface area contributed by atoms with Gasteiger partial charge >= 0.3 is 22.4 Å². The Morgan fingerprint density at radius 2 is 1.10 bits per heavy atom. The maximum atomic E-state index is 6.28. The van der Waals surface area contributed by atoms with Crippen LogP contribution < -0.4 is 9.72 Å². The molecule has 0 bridgehead atoms. The molecule has 6 rings (SSSR count). The summed E-state index contributed by atoms with van der Waals surface area (Å²) in [5.74, 6) is 1.19. The predicted molar refractivity (Wildman–Crippen MR) is 202 cm³/mol. The summed E-state index contributed by atoms with van der Waals surface area (Å²) in [7, 11) is 0. The fourth-order valence-corrected chi connectivity index (χ4v) is 6.02. The van der Waals surface area contributed by atoms with Crippen LogP contribution in [0.5, 0.6) is 11.6 Å². The molecule has 3 nitrogen and oxygen atoms in total. The average Bonchev–Trinajstić information content (AvgIpc) is 3.37. The standard InChI is InChI=1S/C45H49N2O.Au/c1-42(2,3)31-16-17-39-37(25-31)38-27-34(45(10,11)12)26-36(41(38)47-39)30-19-28(20-32(22-30)43(4,5)6)29-21-33(44(7,8)9)24-35(23-29)48-40-15-13-14-18-46-40;/h13-18,20-22,24-27H,1-12H3;/q-3;+3. The van der Waals surface area contributed by atoms with Crippen molar-refractivity contribution in [1.29, 1.82) is 0 Å². The Bertz CT molecular complexity index is 2130. The van der Waals surface area contributed by atoms with Gasteiger partial charge < -0.3 is 9.72 Å². The van der Waals surface area contributed by atoms with Crippen molar-refractivity contribution in [2.45, 2.75) is 105 Å². The molecular formula is C45H49AuN2O. The summed E-state index contributed by atoms with van der Waals surface area (Å²) >= 11 is 0. The van der Waals surface area contributed by atoms with E-state index in [0.717, 1.165) is 38.9 Å². The van der Waals surface area contributed by atoms with Crippen LogP contribution in [0.3, 0.4) is 0 Å². The Kier molecular flexibility index (Phi) is 9.66. The summed E-state index contributed by atoms with van der Waals surface area (Å²) in [6, 6.07) is 33.5. The van der Waals surface area contributed by atoms with Gasteiger partial charge in [0, 0.05) is 18.0 Å². The number of pyridine rings is 1. The van der Waals surface area contributed by atoms with Crippen LogP contribution in [0.2, 0.25) is 0 Å². The van der Waals surface area contributed by atoms with E-state index >= 15 is 0 Å². The normalized spacial score (nSPS) is 12.7. The first-order chi connectivity index (χ1) is 22.3. The smallest absolute Gasteiger partial charge is 0.663 e. The number of aromatic nitrogens is 2. The number of hydrogen-bond acceptors (Lipinski definition) is 2. The van der Waals surface area contributed by atoms with Crippen LogP contribution in [0.1, 0.15) is 105 Å². The van der Waals surface area contributed by atoms with E-state index in [1.165, 1.54) is 27.5 Å². The first-order valence-electron chi connectivity index (χ1n) is 17.1. The van der Waals surface area contributed by atoms with E-state index in [0.29, 0.717) is 11.6 Å². The summed E-state index contributed by atoms with van der Waals surface area (Å²) in [6.45, 7) is 27.1. The minimum absolute atomic E-state index is 0. The van der Waals surface area contributed by atoms with Gasteiger partial charge in [-0.3, -0.25) is 0 Å². The van der Waals surface area contributed by atoms with Crippen LogP contribution in [0.4, 0.5) is 0 Å². The number of rotatable bonds is 4.